The molecule has 5 nitrogen and oxygen atoms in total. The van der Waals surface area contributed by atoms with Crippen molar-refractivity contribution in [3.05, 3.63) is 12.2 Å². The van der Waals surface area contributed by atoms with E-state index in [1.54, 1.807) is 6.08 Å². The normalized spacial score (nSPS) is 13.2. The molecule has 6 heteroatoms. The highest BCUT2D eigenvalue weighted by Gasteiger charge is 2.20. The maximum atomic E-state index is 11.3. The SMILES string of the molecule is CCCCCCCCCCCCCCCC=CC(=O)OC(C)S(=O)(=O)O. The molecule has 1 N–H and O–H groups in total. The van der Waals surface area contributed by atoms with Crippen LogP contribution in [0.4, 0.5) is 0 Å². The summed E-state index contributed by atoms with van der Waals surface area (Å²) in [5.41, 5.74) is -1.53. The molecule has 0 amide bonds. The van der Waals surface area contributed by atoms with Crippen molar-refractivity contribution in [2.75, 3.05) is 0 Å². The van der Waals surface area contributed by atoms with Gasteiger partial charge in [0.05, 0.1) is 0 Å². The quantitative estimate of drug-likeness (QED) is 0.147. The summed E-state index contributed by atoms with van der Waals surface area (Å²) < 4.78 is 34.7. The molecule has 0 aromatic heterocycles. The van der Waals surface area contributed by atoms with Crippen molar-refractivity contribution in [1.29, 1.82) is 0 Å². The molecule has 0 spiro atoms. The number of hydrogen-bond acceptors (Lipinski definition) is 4. The molecule has 0 bridgehead atoms. The second-order valence-electron chi connectivity index (χ2n) is 6.95. The maximum Gasteiger partial charge on any atom is 0.331 e. The van der Waals surface area contributed by atoms with Crippen LogP contribution in [0.1, 0.15) is 104 Å². The average Bonchev–Trinajstić information content (AvgIpc) is 2.57. The van der Waals surface area contributed by atoms with Crippen LogP contribution in [0.25, 0.3) is 0 Å². The summed E-state index contributed by atoms with van der Waals surface area (Å²) >= 11 is 0. The molecule has 0 heterocycles. The zero-order valence-corrected chi connectivity index (χ0v) is 17.4. The van der Waals surface area contributed by atoms with Crippen LogP contribution < -0.4 is 0 Å². The smallest absolute Gasteiger partial charge is 0.331 e. The molecular weight excluding hydrogens is 352 g/mol. The number of esters is 1. The average molecular weight is 391 g/mol. The molecule has 0 radical (unpaired) electrons. The molecule has 0 rings (SSSR count). The monoisotopic (exact) mass is 390 g/mol. The van der Waals surface area contributed by atoms with E-state index in [0.717, 1.165) is 26.2 Å². The van der Waals surface area contributed by atoms with Crippen LogP contribution >= 0.6 is 0 Å². The lowest BCUT2D eigenvalue weighted by atomic mass is 10.0. The van der Waals surface area contributed by atoms with Crippen LogP contribution in [-0.4, -0.2) is 24.4 Å². The van der Waals surface area contributed by atoms with E-state index < -0.39 is 21.5 Å². The van der Waals surface area contributed by atoms with E-state index >= 15 is 0 Å². The van der Waals surface area contributed by atoms with Crippen molar-refractivity contribution >= 4 is 16.1 Å². The van der Waals surface area contributed by atoms with Gasteiger partial charge in [0, 0.05) is 6.08 Å². The second-order valence-corrected chi connectivity index (χ2v) is 8.65. The number of rotatable bonds is 17. The lowest BCUT2D eigenvalue weighted by Gasteiger charge is -2.07. The Morgan fingerprint density at radius 3 is 1.73 bits per heavy atom. The first-order valence-corrected chi connectivity index (χ1v) is 11.7. The van der Waals surface area contributed by atoms with Gasteiger partial charge in [-0.2, -0.15) is 8.42 Å². The van der Waals surface area contributed by atoms with Gasteiger partial charge in [-0.15, -0.1) is 0 Å². The van der Waals surface area contributed by atoms with Gasteiger partial charge in [-0.25, -0.2) is 4.79 Å². The summed E-state index contributed by atoms with van der Waals surface area (Å²) in [5.74, 6) is -0.746. The van der Waals surface area contributed by atoms with Crippen molar-refractivity contribution in [3.63, 3.8) is 0 Å². The molecule has 0 saturated carbocycles. The Labute approximate surface area is 160 Å². The molecule has 0 aromatic carbocycles. The van der Waals surface area contributed by atoms with Gasteiger partial charge in [0.1, 0.15) is 0 Å². The second kappa shape index (κ2) is 16.3. The molecule has 0 saturated heterocycles. The van der Waals surface area contributed by atoms with Gasteiger partial charge in [0.15, 0.2) is 0 Å². The molecule has 0 aromatic rings. The molecule has 26 heavy (non-hydrogen) atoms. The van der Waals surface area contributed by atoms with E-state index in [1.807, 2.05) is 0 Å². The van der Waals surface area contributed by atoms with Crippen LogP contribution in [0.5, 0.6) is 0 Å². The Morgan fingerprint density at radius 1 is 0.885 bits per heavy atom. The standard InChI is InChI=1S/C20H38O5S/c1-3-4-5-6-7-8-9-10-11-12-13-14-15-16-17-18-20(21)25-19(2)26(22,23)24/h17-19H,3-16H2,1-2H3,(H,22,23,24). The Kier molecular flexibility index (Phi) is 15.8. The number of ether oxygens (including phenoxy) is 1. The maximum absolute atomic E-state index is 11.3. The predicted octanol–water partition coefficient (Wildman–Crippen LogP) is 5.80. The van der Waals surface area contributed by atoms with Crippen molar-refractivity contribution in [2.45, 2.75) is 109 Å². The van der Waals surface area contributed by atoms with E-state index in [9.17, 15) is 13.2 Å². The Bertz CT molecular complexity index is 471. The number of carbonyl (C=O) groups is 1. The van der Waals surface area contributed by atoms with E-state index in [2.05, 4.69) is 11.7 Å². The summed E-state index contributed by atoms with van der Waals surface area (Å²) in [6.45, 7) is 3.37. The summed E-state index contributed by atoms with van der Waals surface area (Å²) in [7, 11) is -4.33. The number of carbonyl (C=O) groups excluding carboxylic acids is 1. The van der Waals surface area contributed by atoms with E-state index in [-0.39, 0.29) is 0 Å². The topological polar surface area (TPSA) is 80.7 Å². The third-order valence-corrected chi connectivity index (χ3v) is 5.37. The number of allylic oxidation sites excluding steroid dienone is 1. The van der Waals surface area contributed by atoms with Crippen LogP contribution in [0.15, 0.2) is 12.2 Å². The van der Waals surface area contributed by atoms with E-state index in [0.29, 0.717) is 0 Å². The first-order valence-electron chi connectivity index (χ1n) is 10.2. The molecule has 154 valence electrons. The Morgan fingerprint density at radius 2 is 1.31 bits per heavy atom. The van der Waals surface area contributed by atoms with Gasteiger partial charge in [-0.05, 0) is 19.8 Å². The predicted molar refractivity (Wildman–Crippen MR) is 107 cm³/mol. The highest BCUT2D eigenvalue weighted by molar-refractivity contribution is 7.86. The summed E-state index contributed by atoms with van der Waals surface area (Å²) in [6, 6.07) is 0. The van der Waals surface area contributed by atoms with Gasteiger partial charge in [0.2, 0.25) is 5.44 Å². The largest absolute Gasteiger partial charge is 0.440 e. The Hall–Kier alpha value is -0.880. The van der Waals surface area contributed by atoms with Crippen molar-refractivity contribution in [1.82, 2.24) is 0 Å². The van der Waals surface area contributed by atoms with Crippen molar-refractivity contribution in [2.24, 2.45) is 0 Å². The third-order valence-electron chi connectivity index (χ3n) is 4.43. The van der Waals surface area contributed by atoms with Gasteiger partial charge in [-0.1, -0.05) is 90.0 Å². The van der Waals surface area contributed by atoms with Crippen LogP contribution in [0.2, 0.25) is 0 Å². The molecular formula is C20H38O5S. The fourth-order valence-electron chi connectivity index (χ4n) is 2.72. The molecule has 0 aliphatic carbocycles. The van der Waals surface area contributed by atoms with Crippen molar-refractivity contribution in [3.8, 4) is 0 Å². The minimum Gasteiger partial charge on any atom is -0.440 e. The fourth-order valence-corrected chi connectivity index (χ4v) is 2.94. The van der Waals surface area contributed by atoms with Crippen molar-refractivity contribution < 1.29 is 22.5 Å². The minimum atomic E-state index is -4.33. The highest BCUT2D eigenvalue weighted by Crippen LogP contribution is 2.13. The van der Waals surface area contributed by atoms with Gasteiger partial charge in [-0.3, -0.25) is 4.55 Å². The van der Waals surface area contributed by atoms with Crippen LogP contribution in [-0.2, 0) is 19.6 Å². The number of unbranched alkanes of at least 4 members (excludes halogenated alkanes) is 13. The molecule has 1 unspecified atom stereocenters. The molecule has 1 atom stereocenters. The molecule has 0 aliphatic rings. The van der Waals surface area contributed by atoms with Crippen LogP contribution in [0.3, 0.4) is 0 Å². The molecule has 0 aliphatic heterocycles. The summed E-state index contributed by atoms with van der Waals surface area (Å²) in [4.78, 5) is 11.3. The van der Waals surface area contributed by atoms with Gasteiger partial charge in [0.25, 0.3) is 0 Å². The minimum absolute atomic E-state index is 0.746. The first-order chi connectivity index (χ1) is 12.4. The third kappa shape index (κ3) is 16.6. The zero-order valence-electron chi connectivity index (χ0n) is 16.6. The highest BCUT2D eigenvalue weighted by atomic mass is 32.2. The van der Waals surface area contributed by atoms with E-state index in [4.69, 9.17) is 4.55 Å². The first kappa shape index (κ1) is 25.1. The van der Waals surface area contributed by atoms with E-state index in [1.165, 1.54) is 76.7 Å². The van der Waals surface area contributed by atoms with Crippen LogP contribution in [0, 0.1) is 0 Å². The zero-order chi connectivity index (χ0) is 19.7. The van der Waals surface area contributed by atoms with Gasteiger partial charge >= 0.3 is 16.1 Å². The summed E-state index contributed by atoms with van der Waals surface area (Å²) in [5, 5.41) is 0. The number of hydrogen-bond donors (Lipinski definition) is 1. The summed E-state index contributed by atoms with van der Waals surface area (Å²) in [6.07, 6.45) is 20.6. The fraction of sp³-hybridized carbons (Fsp3) is 0.850. The lowest BCUT2D eigenvalue weighted by Crippen LogP contribution is -2.22. The van der Waals surface area contributed by atoms with Gasteiger partial charge < -0.3 is 4.74 Å². The lowest BCUT2D eigenvalue weighted by molar-refractivity contribution is -0.139. The Balaban J connectivity index is 3.39. The molecule has 0 fully saturated rings.